The van der Waals surface area contributed by atoms with Gasteiger partial charge < -0.3 is 9.64 Å². The number of amides is 4. The predicted octanol–water partition coefficient (Wildman–Crippen LogP) is 2.50. The number of para-hydroxylation sites is 2. The van der Waals surface area contributed by atoms with Crippen molar-refractivity contribution in [1.29, 1.82) is 0 Å². The lowest BCUT2D eigenvalue weighted by molar-refractivity contribution is -0.135. The van der Waals surface area contributed by atoms with Crippen molar-refractivity contribution in [1.82, 2.24) is 9.80 Å². The van der Waals surface area contributed by atoms with Gasteiger partial charge in [-0.05, 0) is 45.1 Å². The van der Waals surface area contributed by atoms with E-state index in [1.165, 1.54) is 6.08 Å². The number of hydrogen-bond acceptors (Lipinski definition) is 5. The predicted molar refractivity (Wildman–Crippen MR) is 96.4 cm³/mol. The Morgan fingerprint density at radius 2 is 1.42 bits per heavy atom. The van der Waals surface area contributed by atoms with Crippen LogP contribution in [-0.2, 0) is 9.59 Å². The summed E-state index contributed by atoms with van der Waals surface area (Å²) in [6.07, 6.45) is 3.04. The average Bonchev–Trinajstić information content (AvgIpc) is 2.99. The molecule has 0 unspecified atom stereocenters. The van der Waals surface area contributed by atoms with E-state index >= 15 is 0 Å². The molecule has 0 saturated carbocycles. The van der Waals surface area contributed by atoms with Crippen molar-refractivity contribution in [3.8, 4) is 5.75 Å². The normalized spacial score (nSPS) is 18.6. The molecular weight excluding hydrogens is 334 g/mol. The van der Waals surface area contributed by atoms with Gasteiger partial charge in [0.2, 0.25) is 5.88 Å². The zero-order valence-electron chi connectivity index (χ0n) is 15.1. The second kappa shape index (κ2) is 7.03. The third-order valence-corrected chi connectivity index (χ3v) is 4.39. The van der Waals surface area contributed by atoms with Crippen LogP contribution in [0.15, 0.2) is 47.9 Å². The molecule has 7 nitrogen and oxygen atoms in total. The van der Waals surface area contributed by atoms with Gasteiger partial charge >= 0.3 is 6.03 Å². The fraction of sp³-hybridized carbons (Fsp3) is 0.316. The number of hydrogen-bond donors (Lipinski definition) is 0. The first-order chi connectivity index (χ1) is 12.5. The average molecular weight is 355 g/mol. The number of anilines is 1. The Labute approximate surface area is 152 Å². The van der Waals surface area contributed by atoms with Gasteiger partial charge in [0.05, 0.1) is 5.69 Å². The van der Waals surface area contributed by atoms with E-state index in [-0.39, 0.29) is 18.7 Å². The summed E-state index contributed by atoms with van der Waals surface area (Å²) in [5.41, 5.74) is 0.887. The lowest BCUT2D eigenvalue weighted by atomic mass is 10.1. The summed E-state index contributed by atoms with van der Waals surface area (Å²) in [5.74, 6) is 0.0934. The van der Waals surface area contributed by atoms with Gasteiger partial charge in [-0.1, -0.05) is 12.1 Å². The van der Waals surface area contributed by atoms with Crippen LogP contribution in [0.2, 0.25) is 0 Å². The van der Waals surface area contributed by atoms with Crippen molar-refractivity contribution in [2.45, 2.75) is 20.8 Å². The monoisotopic (exact) mass is 355 g/mol. The Morgan fingerprint density at radius 1 is 0.846 bits per heavy atom. The number of carbonyl (C=O) groups is 3. The van der Waals surface area contributed by atoms with Crippen LogP contribution in [0.1, 0.15) is 20.8 Å². The van der Waals surface area contributed by atoms with Crippen LogP contribution in [-0.4, -0.2) is 47.3 Å². The first-order valence-corrected chi connectivity index (χ1v) is 8.67. The standard InChI is InChI=1S/C19H21N3O4/c1-4-20-14-9-7-8-10-15(14)26-16(20)12-11-13-17(23)21(5-2)19(25)22(6-3)18(13)24/h7-12H,4-6H2,1-3H3. The summed E-state index contributed by atoms with van der Waals surface area (Å²) in [4.78, 5) is 41.3. The van der Waals surface area contributed by atoms with Crippen molar-refractivity contribution in [2.75, 3.05) is 24.5 Å². The van der Waals surface area contributed by atoms with Crippen molar-refractivity contribution in [3.63, 3.8) is 0 Å². The number of nitrogens with zero attached hydrogens (tertiary/aromatic N) is 3. The molecule has 0 atom stereocenters. The minimum atomic E-state index is -0.581. The fourth-order valence-corrected chi connectivity index (χ4v) is 3.06. The molecule has 1 aromatic carbocycles. The molecule has 26 heavy (non-hydrogen) atoms. The topological polar surface area (TPSA) is 70.2 Å². The van der Waals surface area contributed by atoms with Crippen LogP contribution in [0.4, 0.5) is 10.5 Å². The van der Waals surface area contributed by atoms with E-state index in [0.29, 0.717) is 12.4 Å². The van der Waals surface area contributed by atoms with Gasteiger partial charge in [-0.3, -0.25) is 19.4 Å². The summed E-state index contributed by atoms with van der Waals surface area (Å²) in [6.45, 7) is 6.47. The minimum Gasteiger partial charge on any atom is -0.439 e. The zero-order chi connectivity index (χ0) is 18.8. The number of likely N-dealkylation sites (N-methyl/N-ethyl adjacent to an activating group) is 2. The van der Waals surface area contributed by atoms with Crippen molar-refractivity contribution in [3.05, 3.63) is 47.9 Å². The first-order valence-electron chi connectivity index (χ1n) is 8.67. The van der Waals surface area contributed by atoms with E-state index < -0.39 is 17.8 Å². The number of barbiturate groups is 1. The van der Waals surface area contributed by atoms with Crippen LogP contribution < -0.4 is 9.64 Å². The number of allylic oxidation sites excluding steroid dienone is 2. The Balaban J connectivity index is 1.96. The SMILES string of the molecule is CCN1C(=O)C(=CC=C2Oc3ccccc3N2CC)C(=O)N(CC)C1=O. The highest BCUT2D eigenvalue weighted by atomic mass is 16.5. The number of urea groups is 1. The molecule has 7 heteroatoms. The summed E-state index contributed by atoms with van der Waals surface area (Å²) in [6, 6.07) is 7.03. The maximum absolute atomic E-state index is 12.5. The van der Waals surface area contributed by atoms with E-state index in [0.717, 1.165) is 21.2 Å². The Bertz CT molecular complexity index is 800. The highest BCUT2D eigenvalue weighted by molar-refractivity contribution is 6.28. The van der Waals surface area contributed by atoms with E-state index in [1.54, 1.807) is 19.9 Å². The molecule has 3 rings (SSSR count). The number of benzene rings is 1. The van der Waals surface area contributed by atoms with Crippen LogP contribution in [0.25, 0.3) is 0 Å². The van der Waals surface area contributed by atoms with Crippen LogP contribution in [0.3, 0.4) is 0 Å². The lowest BCUT2D eigenvalue weighted by Crippen LogP contribution is -2.56. The van der Waals surface area contributed by atoms with Crippen molar-refractivity contribution < 1.29 is 19.1 Å². The lowest BCUT2D eigenvalue weighted by Gasteiger charge is -2.32. The minimum absolute atomic E-state index is 0.0450. The van der Waals surface area contributed by atoms with E-state index in [9.17, 15) is 14.4 Å². The molecule has 0 radical (unpaired) electrons. The Hall–Kier alpha value is -3.09. The van der Waals surface area contributed by atoms with Gasteiger partial charge in [0.15, 0.2) is 5.75 Å². The molecule has 0 aromatic heterocycles. The van der Waals surface area contributed by atoms with E-state index in [1.807, 2.05) is 36.1 Å². The molecule has 0 bridgehead atoms. The number of carbonyl (C=O) groups excluding carboxylic acids is 3. The molecule has 1 fully saturated rings. The van der Waals surface area contributed by atoms with Crippen LogP contribution in [0.5, 0.6) is 5.75 Å². The second-order valence-electron chi connectivity index (χ2n) is 5.78. The van der Waals surface area contributed by atoms with Gasteiger partial charge in [0.1, 0.15) is 5.57 Å². The van der Waals surface area contributed by atoms with Gasteiger partial charge in [-0.25, -0.2) is 4.79 Å². The van der Waals surface area contributed by atoms with Crippen molar-refractivity contribution in [2.24, 2.45) is 0 Å². The molecular formula is C19H21N3O4. The van der Waals surface area contributed by atoms with Crippen LogP contribution in [0, 0.1) is 0 Å². The summed E-state index contributed by atoms with van der Waals surface area (Å²) < 4.78 is 5.83. The van der Waals surface area contributed by atoms with Gasteiger partial charge in [0, 0.05) is 19.6 Å². The highest BCUT2D eigenvalue weighted by Gasteiger charge is 2.40. The number of rotatable bonds is 4. The molecule has 2 heterocycles. The summed E-state index contributed by atoms with van der Waals surface area (Å²) in [5, 5.41) is 0. The number of fused-ring (bicyclic) bond motifs is 1. The molecule has 1 aromatic rings. The molecule has 0 N–H and O–H groups in total. The molecule has 0 aliphatic carbocycles. The van der Waals surface area contributed by atoms with Crippen LogP contribution >= 0.6 is 0 Å². The molecule has 4 amide bonds. The third kappa shape index (κ3) is 2.75. The van der Waals surface area contributed by atoms with Crippen molar-refractivity contribution >= 4 is 23.5 Å². The Morgan fingerprint density at radius 3 is 2.00 bits per heavy atom. The van der Waals surface area contributed by atoms with Gasteiger partial charge in [0.25, 0.3) is 11.8 Å². The van der Waals surface area contributed by atoms with Gasteiger partial charge in [-0.15, -0.1) is 0 Å². The maximum atomic E-state index is 12.5. The maximum Gasteiger partial charge on any atom is 0.333 e. The molecule has 2 aliphatic rings. The number of ether oxygens (including phenoxy) is 1. The number of imide groups is 2. The van der Waals surface area contributed by atoms with E-state index in [4.69, 9.17) is 4.74 Å². The van der Waals surface area contributed by atoms with E-state index in [2.05, 4.69) is 0 Å². The molecule has 136 valence electrons. The summed E-state index contributed by atoms with van der Waals surface area (Å²) in [7, 11) is 0. The quantitative estimate of drug-likeness (QED) is 0.613. The summed E-state index contributed by atoms with van der Waals surface area (Å²) >= 11 is 0. The zero-order valence-corrected chi connectivity index (χ0v) is 15.1. The second-order valence-corrected chi connectivity index (χ2v) is 5.78. The fourth-order valence-electron chi connectivity index (χ4n) is 3.06. The smallest absolute Gasteiger partial charge is 0.333 e. The van der Waals surface area contributed by atoms with Gasteiger partial charge in [-0.2, -0.15) is 0 Å². The largest absolute Gasteiger partial charge is 0.439 e. The highest BCUT2D eigenvalue weighted by Crippen LogP contribution is 2.38. The molecule has 2 aliphatic heterocycles. The third-order valence-electron chi connectivity index (χ3n) is 4.39. The first kappa shape index (κ1) is 17.7. The Kier molecular flexibility index (Phi) is 4.79. The molecule has 0 spiro atoms. The molecule has 1 saturated heterocycles.